The van der Waals surface area contributed by atoms with Crippen LogP contribution in [0, 0.1) is 0 Å². The molecule has 44 heavy (non-hydrogen) atoms. The third kappa shape index (κ3) is 3.19. The number of nitrogens with one attached hydrogen (secondary N) is 1. The van der Waals surface area contributed by atoms with E-state index in [1.807, 2.05) is 42.6 Å². The van der Waals surface area contributed by atoms with Gasteiger partial charge in [0.2, 0.25) is 0 Å². The fourth-order valence-corrected chi connectivity index (χ4v) is 10.9. The maximum Gasteiger partial charge on any atom is 0.172 e. The van der Waals surface area contributed by atoms with Crippen LogP contribution in [0.1, 0.15) is 33.4 Å². The van der Waals surface area contributed by atoms with Crippen molar-refractivity contribution in [3.05, 3.63) is 197 Å². The van der Waals surface area contributed by atoms with E-state index >= 15 is 4.57 Å². The molecule has 1 aromatic heterocycles. The number of fused-ring (bicyclic) bond motifs is 8. The Labute approximate surface area is 256 Å². The lowest BCUT2D eigenvalue weighted by molar-refractivity contribution is 0.592. The van der Waals surface area contributed by atoms with Gasteiger partial charge in [0.15, 0.2) is 7.14 Å². The normalized spacial score (nSPS) is 17.8. The van der Waals surface area contributed by atoms with E-state index in [0.717, 1.165) is 43.5 Å². The van der Waals surface area contributed by atoms with Crippen LogP contribution in [0.3, 0.4) is 0 Å². The number of hydrogen-bond donors (Lipinski definition) is 1. The van der Waals surface area contributed by atoms with E-state index in [2.05, 4.69) is 126 Å². The number of benzene rings is 6. The van der Waals surface area contributed by atoms with Crippen molar-refractivity contribution in [2.24, 2.45) is 0 Å². The Kier molecular flexibility index (Phi) is 5.42. The zero-order valence-corrected chi connectivity index (χ0v) is 24.8. The van der Waals surface area contributed by atoms with Crippen molar-refractivity contribution in [2.75, 3.05) is 0 Å². The number of aromatic amines is 1. The van der Waals surface area contributed by atoms with E-state index in [4.69, 9.17) is 0 Å². The van der Waals surface area contributed by atoms with E-state index in [0.29, 0.717) is 0 Å². The summed E-state index contributed by atoms with van der Waals surface area (Å²) in [6.07, 6.45) is 2.00. The number of aromatic nitrogens is 1. The van der Waals surface area contributed by atoms with Crippen molar-refractivity contribution < 1.29 is 4.57 Å². The molecule has 2 heterocycles. The Morgan fingerprint density at radius 3 is 1.82 bits per heavy atom. The molecular weight excluding hydrogens is 553 g/mol. The summed E-state index contributed by atoms with van der Waals surface area (Å²) in [5, 5.41) is 3.71. The third-order valence-corrected chi connectivity index (χ3v) is 12.7. The lowest BCUT2D eigenvalue weighted by atomic mass is 9.65. The Morgan fingerprint density at radius 2 is 1.11 bits per heavy atom. The minimum atomic E-state index is -3.34. The van der Waals surface area contributed by atoms with Gasteiger partial charge < -0.3 is 9.55 Å². The van der Waals surface area contributed by atoms with Crippen molar-refractivity contribution in [1.82, 2.24) is 4.98 Å². The SMILES string of the molecule is O=P1(c2ccccc2)c2ccccc2C2=C(c3ccccc3C2(c2ccccc2)c2ccccc2)c2c1ccc1cc[nH]c21. The van der Waals surface area contributed by atoms with Gasteiger partial charge in [-0.15, -0.1) is 0 Å². The van der Waals surface area contributed by atoms with Gasteiger partial charge in [-0.1, -0.05) is 146 Å². The second kappa shape index (κ2) is 9.41. The van der Waals surface area contributed by atoms with Gasteiger partial charge in [-0.25, -0.2) is 0 Å². The quantitative estimate of drug-likeness (QED) is 0.209. The van der Waals surface area contributed by atoms with Gasteiger partial charge in [-0.3, -0.25) is 0 Å². The van der Waals surface area contributed by atoms with Crippen LogP contribution in [0.15, 0.2) is 164 Å². The highest BCUT2D eigenvalue weighted by molar-refractivity contribution is 7.85. The highest BCUT2D eigenvalue weighted by atomic mass is 31.2. The molecule has 1 N–H and O–H groups in total. The maximum atomic E-state index is 16.3. The molecule has 2 nitrogen and oxygen atoms in total. The van der Waals surface area contributed by atoms with Crippen LogP contribution < -0.4 is 15.9 Å². The molecule has 2 aliphatic rings. The van der Waals surface area contributed by atoms with E-state index in [1.54, 1.807) is 0 Å². The summed E-state index contributed by atoms with van der Waals surface area (Å²) in [4.78, 5) is 3.59. The molecule has 9 rings (SSSR count). The first-order valence-corrected chi connectivity index (χ1v) is 16.8. The predicted molar refractivity (Wildman–Crippen MR) is 183 cm³/mol. The smallest absolute Gasteiger partial charge is 0.172 e. The molecule has 3 heteroatoms. The molecule has 0 bridgehead atoms. The maximum absolute atomic E-state index is 16.3. The average molecular weight is 582 g/mol. The molecule has 0 fully saturated rings. The summed E-state index contributed by atoms with van der Waals surface area (Å²) in [5.41, 5.74) is 9.58. The van der Waals surface area contributed by atoms with Gasteiger partial charge in [-0.05, 0) is 51.1 Å². The fourth-order valence-electron chi connectivity index (χ4n) is 7.86. The Bertz CT molecular complexity index is 2260. The summed E-state index contributed by atoms with van der Waals surface area (Å²) in [7, 11) is -3.34. The molecule has 0 amide bonds. The van der Waals surface area contributed by atoms with Gasteiger partial charge in [-0.2, -0.15) is 0 Å². The van der Waals surface area contributed by atoms with Gasteiger partial charge in [0.25, 0.3) is 0 Å². The van der Waals surface area contributed by atoms with Gasteiger partial charge in [0, 0.05) is 33.1 Å². The molecule has 1 aliphatic heterocycles. The van der Waals surface area contributed by atoms with E-state index in [-0.39, 0.29) is 0 Å². The van der Waals surface area contributed by atoms with Crippen molar-refractivity contribution in [1.29, 1.82) is 0 Å². The Hall–Kier alpha value is -5.17. The average Bonchev–Trinajstić information content (AvgIpc) is 3.68. The summed E-state index contributed by atoms with van der Waals surface area (Å²) in [6.45, 7) is 0. The Balaban J connectivity index is 1.58. The highest BCUT2D eigenvalue weighted by Gasteiger charge is 2.52. The summed E-state index contributed by atoms with van der Waals surface area (Å²) >= 11 is 0. The molecule has 0 radical (unpaired) electrons. The zero-order valence-electron chi connectivity index (χ0n) is 23.9. The first-order chi connectivity index (χ1) is 21.7. The highest BCUT2D eigenvalue weighted by Crippen LogP contribution is 2.63. The van der Waals surface area contributed by atoms with Crippen LogP contribution in [0.4, 0.5) is 0 Å². The number of allylic oxidation sites excluding steroid dienone is 1. The van der Waals surface area contributed by atoms with Gasteiger partial charge >= 0.3 is 0 Å². The lowest BCUT2D eigenvalue weighted by Crippen LogP contribution is -2.32. The first-order valence-electron chi connectivity index (χ1n) is 15.1. The molecule has 1 unspecified atom stereocenters. The lowest BCUT2D eigenvalue weighted by Gasteiger charge is -2.37. The second-order valence-electron chi connectivity index (χ2n) is 11.6. The van der Waals surface area contributed by atoms with Crippen molar-refractivity contribution in [3.63, 3.8) is 0 Å². The molecule has 208 valence electrons. The third-order valence-electron chi connectivity index (χ3n) is 9.57. The monoisotopic (exact) mass is 581 g/mol. The topological polar surface area (TPSA) is 32.9 Å². The Morgan fingerprint density at radius 1 is 0.523 bits per heavy atom. The molecule has 0 saturated carbocycles. The molecule has 0 saturated heterocycles. The van der Waals surface area contributed by atoms with Crippen LogP contribution in [-0.4, -0.2) is 4.98 Å². The van der Waals surface area contributed by atoms with Crippen molar-refractivity contribution >= 4 is 45.1 Å². The zero-order chi connectivity index (χ0) is 29.3. The van der Waals surface area contributed by atoms with Crippen molar-refractivity contribution in [3.8, 4) is 0 Å². The minimum absolute atomic E-state index is 0.636. The fraction of sp³-hybridized carbons (Fsp3) is 0.0244. The van der Waals surface area contributed by atoms with Crippen LogP contribution >= 0.6 is 7.14 Å². The summed E-state index contributed by atoms with van der Waals surface area (Å²) < 4.78 is 16.3. The second-order valence-corrected chi connectivity index (χ2v) is 14.3. The summed E-state index contributed by atoms with van der Waals surface area (Å²) in [6, 6.07) is 55.4. The van der Waals surface area contributed by atoms with E-state index in [1.165, 1.54) is 27.8 Å². The molecular formula is C41H28NOP. The van der Waals surface area contributed by atoms with Crippen molar-refractivity contribution in [2.45, 2.75) is 5.41 Å². The largest absolute Gasteiger partial charge is 0.361 e. The van der Waals surface area contributed by atoms with Crippen LogP contribution in [0.2, 0.25) is 0 Å². The van der Waals surface area contributed by atoms with Gasteiger partial charge in [0.1, 0.15) is 0 Å². The number of hydrogen-bond acceptors (Lipinski definition) is 1. The molecule has 0 spiro atoms. The molecule has 1 atom stereocenters. The number of H-pyrrole nitrogens is 1. The molecule has 6 aromatic carbocycles. The number of rotatable bonds is 3. The minimum Gasteiger partial charge on any atom is -0.361 e. The van der Waals surface area contributed by atoms with Crippen LogP contribution in [0.25, 0.3) is 22.0 Å². The molecule has 7 aromatic rings. The van der Waals surface area contributed by atoms with E-state index < -0.39 is 12.6 Å². The predicted octanol–water partition coefficient (Wildman–Crippen LogP) is 8.43. The summed E-state index contributed by atoms with van der Waals surface area (Å²) in [5.74, 6) is 0. The first kappa shape index (κ1) is 25.3. The van der Waals surface area contributed by atoms with Crippen LogP contribution in [-0.2, 0) is 9.98 Å². The standard InChI is InChI=1S/C41H28NOP/c43-44(31-18-8-3-9-19-31)35-23-13-11-21-33(35)39-37(38-36(44)25-24-28-26-27-42-40(28)38)32-20-10-12-22-34(32)41(39,29-14-4-1-5-15-29)30-16-6-2-7-17-30/h1-27,42H. The molecule has 1 aliphatic carbocycles. The van der Waals surface area contributed by atoms with E-state index in [9.17, 15) is 0 Å². The van der Waals surface area contributed by atoms with Crippen LogP contribution in [0.5, 0.6) is 0 Å². The van der Waals surface area contributed by atoms with Gasteiger partial charge in [0.05, 0.1) is 10.9 Å².